The van der Waals surface area contributed by atoms with E-state index in [9.17, 15) is 9.59 Å². The lowest BCUT2D eigenvalue weighted by Gasteiger charge is -2.05. The molecule has 0 heterocycles. The predicted octanol–water partition coefficient (Wildman–Crippen LogP) is 1.93. The quantitative estimate of drug-likeness (QED) is 0.352. The van der Waals surface area contributed by atoms with Crippen molar-refractivity contribution in [2.75, 3.05) is 18.9 Å². The van der Waals surface area contributed by atoms with E-state index >= 15 is 0 Å². The second-order valence-corrected chi connectivity index (χ2v) is 3.84. The van der Waals surface area contributed by atoms with Crippen LogP contribution in [-0.2, 0) is 14.3 Å². The van der Waals surface area contributed by atoms with Crippen molar-refractivity contribution in [3.63, 3.8) is 0 Å². The van der Waals surface area contributed by atoms with E-state index in [1.54, 1.807) is 24.3 Å². The summed E-state index contributed by atoms with van der Waals surface area (Å²) >= 11 is 0. The van der Waals surface area contributed by atoms with Gasteiger partial charge in [-0.15, -0.1) is 0 Å². The Kier molecular flexibility index (Phi) is 6.15. The van der Waals surface area contributed by atoms with E-state index < -0.39 is 5.97 Å². The highest BCUT2D eigenvalue weighted by Crippen LogP contribution is 2.07. The number of anilines is 1. The van der Waals surface area contributed by atoms with Gasteiger partial charge >= 0.3 is 11.9 Å². The lowest BCUT2D eigenvalue weighted by Crippen LogP contribution is -2.08. The van der Waals surface area contributed by atoms with Crippen LogP contribution in [0.25, 0.3) is 0 Å². The minimum Gasteiger partial charge on any atom is -0.463 e. The molecule has 5 nitrogen and oxygen atoms in total. The number of nitrogens with two attached hydrogens (primary N) is 1. The van der Waals surface area contributed by atoms with Crippen LogP contribution >= 0.6 is 0 Å². The molecule has 0 aliphatic carbocycles. The van der Waals surface area contributed by atoms with Crippen molar-refractivity contribution in [1.29, 1.82) is 0 Å². The molecule has 0 spiro atoms. The van der Waals surface area contributed by atoms with E-state index in [0.717, 1.165) is 6.08 Å². The first-order valence-electron chi connectivity index (χ1n) is 5.95. The highest BCUT2D eigenvalue weighted by atomic mass is 16.5. The van der Waals surface area contributed by atoms with Crippen molar-refractivity contribution in [3.8, 4) is 0 Å². The molecule has 0 amide bonds. The number of nitrogen functional groups attached to an aromatic ring is 1. The molecule has 0 aliphatic heterocycles. The lowest BCUT2D eigenvalue weighted by molar-refractivity contribution is -0.137. The van der Waals surface area contributed by atoms with Crippen LogP contribution in [0.3, 0.4) is 0 Å². The van der Waals surface area contributed by atoms with Crippen LogP contribution in [0.1, 0.15) is 23.2 Å². The maximum Gasteiger partial charge on any atom is 0.338 e. The van der Waals surface area contributed by atoms with E-state index in [4.69, 9.17) is 15.2 Å². The third kappa shape index (κ3) is 5.72. The maximum atomic E-state index is 11.6. The third-order valence-electron chi connectivity index (χ3n) is 2.33. The summed E-state index contributed by atoms with van der Waals surface area (Å²) in [6, 6.07) is 6.52. The molecule has 0 bridgehead atoms. The fraction of sp³-hybridized carbons (Fsp3) is 0.286. The first kappa shape index (κ1) is 14.8. The minimum atomic E-state index is -0.445. The van der Waals surface area contributed by atoms with Crippen LogP contribution in [0.2, 0.25) is 0 Å². The molecule has 0 saturated heterocycles. The van der Waals surface area contributed by atoms with Crippen LogP contribution in [-0.4, -0.2) is 25.2 Å². The van der Waals surface area contributed by atoms with Crippen molar-refractivity contribution >= 4 is 17.6 Å². The van der Waals surface area contributed by atoms with E-state index in [-0.39, 0.29) is 12.6 Å². The average Bonchev–Trinajstić information content (AvgIpc) is 2.42. The Bertz CT molecular complexity index is 439. The Morgan fingerprint density at radius 1 is 1.11 bits per heavy atom. The highest BCUT2D eigenvalue weighted by Gasteiger charge is 2.06. The monoisotopic (exact) mass is 263 g/mol. The Hall–Kier alpha value is -2.30. The largest absolute Gasteiger partial charge is 0.463 e. The Morgan fingerprint density at radius 2 is 1.68 bits per heavy atom. The van der Waals surface area contributed by atoms with Crippen molar-refractivity contribution in [2.45, 2.75) is 12.8 Å². The normalized spacial score (nSPS) is 9.68. The van der Waals surface area contributed by atoms with E-state index in [1.165, 1.54) is 0 Å². The lowest BCUT2D eigenvalue weighted by atomic mass is 10.2. The van der Waals surface area contributed by atoms with Crippen LogP contribution in [0.4, 0.5) is 5.69 Å². The first-order chi connectivity index (χ1) is 9.13. The Morgan fingerprint density at radius 3 is 2.26 bits per heavy atom. The zero-order chi connectivity index (χ0) is 14.1. The summed E-state index contributed by atoms with van der Waals surface area (Å²) in [5, 5.41) is 0. The number of carbonyl (C=O) groups excluding carboxylic acids is 2. The summed E-state index contributed by atoms with van der Waals surface area (Å²) in [5.41, 5.74) is 6.58. The van der Waals surface area contributed by atoms with Gasteiger partial charge in [0.05, 0.1) is 18.8 Å². The van der Waals surface area contributed by atoms with E-state index in [0.29, 0.717) is 30.7 Å². The average molecular weight is 263 g/mol. The number of unbranched alkanes of at least 4 members (excludes halogenated alkanes) is 1. The number of esters is 2. The predicted molar refractivity (Wildman–Crippen MR) is 71.5 cm³/mol. The molecule has 0 atom stereocenters. The Labute approximate surface area is 112 Å². The molecule has 0 unspecified atom stereocenters. The minimum absolute atomic E-state index is 0.287. The molecule has 1 aromatic carbocycles. The molecular weight excluding hydrogens is 246 g/mol. The first-order valence-corrected chi connectivity index (χ1v) is 5.95. The summed E-state index contributed by atoms with van der Waals surface area (Å²) in [6.07, 6.45) is 2.38. The third-order valence-corrected chi connectivity index (χ3v) is 2.33. The standard InChI is InChI=1S/C14H17NO4/c1-2-13(16)18-9-3-4-10-19-14(17)11-5-7-12(15)8-6-11/h2,5-8H,1,3-4,9-10,15H2. The van der Waals surface area contributed by atoms with Gasteiger partial charge in [-0.3, -0.25) is 0 Å². The van der Waals surface area contributed by atoms with Gasteiger partial charge in [0.2, 0.25) is 0 Å². The topological polar surface area (TPSA) is 78.6 Å². The van der Waals surface area contributed by atoms with E-state index in [2.05, 4.69) is 6.58 Å². The van der Waals surface area contributed by atoms with Crippen LogP contribution in [0.5, 0.6) is 0 Å². The van der Waals surface area contributed by atoms with Gasteiger partial charge < -0.3 is 15.2 Å². The number of ether oxygens (including phenoxy) is 2. The molecule has 5 heteroatoms. The van der Waals surface area contributed by atoms with Crippen molar-refractivity contribution in [2.24, 2.45) is 0 Å². The summed E-state index contributed by atoms with van der Waals surface area (Å²) in [7, 11) is 0. The fourth-order valence-corrected chi connectivity index (χ4v) is 1.30. The van der Waals surface area contributed by atoms with Crippen LogP contribution in [0, 0.1) is 0 Å². The maximum absolute atomic E-state index is 11.6. The highest BCUT2D eigenvalue weighted by molar-refractivity contribution is 5.89. The van der Waals surface area contributed by atoms with Gasteiger partial charge in [-0.2, -0.15) is 0 Å². The van der Waals surface area contributed by atoms with Gasteiger partial charge in [0.25, 0.3) is 0 Å². The molecule has 0 radical (unpaired) electrons. The number of rotatable bonds is 7. The molecule has 0 aliphatic rings. The van der Waals surface area contributed by atoms with Crippen LogP contribution in [0.15, 0.2) is 36.9 Å². The molecule has 0 fully saturated rings. The van der Waals surface area contributed by atoms with Gasteiger partial charge in [0.1, 0.15) is 0 Å². The second kappa shape index (κ2) is 7.92. The molecular formula is C14H17NO4. The molecule has 1 rings (SSSR count). The van der Waals surface area contributed by atoms with Crippen molar-refractivity contribution in [1.82, 2.24) is 0 Å². The number of hydrogen-bond acceptors (Lipinski definition) is 5. The Balaban J connectivity index is 2.15. The van der Waals surface area contributed by atoms with Gasteiger partial charge in [0, 0.05) is 11.8 Å². The zero-order valence-corrected chi connectivity index (χ0v) is 10.6. The number of hydrogen-bond donors (Lipinski definition) is 1. The second-order valence-electron chi connectivity index (χ2n) is 3.84. The van der Waals surface area contributed by atoms with Crippen molar-refractivity contribution in [3.05, 3.63) is 42.5 Å². The molecule has 2 N–H and O–H groups in total. The summed E-state index contributed by atoms with van der Waals surface area (Å²) < 4.78 is 9.85. The molecule has 19 heavy (non-hydrogen) atoms. The van der Waals surface area contributed by atoms with Gasteiger partial charge in [-0.1, -0.05) is 6.58 Å². The van der Waals surface area contributed by atoms with Gasteiger partial charge in [0.15, 0.2) is 0 Å². The summed E-state index contributed by atoms with van der Waals surface area (Å²) in [5.74, 6) is -0.832. The van der Waals surface area contributed by atoms with E-state index in [1.807, 2.05) is 0 Å². The molecule has 102 valence electrons. The molecule has 0 saturated carbocycles. The summed E-state index contributed by atoms with van der Waals surface area (Å²) in [4.78, 5) is 22.3. The SMILES string of the molecule is C=CC(=O)OCCCCOC(=O)c1ccc(N)cc1. The smallest absolute Gasteiger partial charge is 0.338 e. The van der Waals surface area contributed by atoms with Gasteiger partial charge in [-0.05, 0) is 37.1 Å². The zero-order valence-electron chi connectivity index (χ0n) is 10.6. The fourth-order valence-electron chi connectivity index (χ4n) is 1.30. The molecule has 1 aromatic rings. The van der Waals surface area contributed by atoms with Crippen molar-refractivity contribution < 1.29 is 19.1 Å². The van der Waals surface area contributed by atoms with Gasteiger partial charge in [-0.25, -0.2) is 9.59 Å². The van der Waals surface area contributed by atoms with Crippen LogP contribution < -0.4 is 5.73 Å². The summed E-state index contributed by atoms with van der Waals surface area (Å²) in [6.45, 7) is 3.87. The molecule has 0 aromatic heterocycles. The number of benzene rings is 1. The number of carbonyl (C=O) groups is 2.